The lowest BCUT2D eigenvalue weighted by atomic mass is 9.92. The van der Waals surface area contributed by atoms with Gasteiger partial charge in [0.2, 0.25) is 5.91 Å². The van der Waals surface area contributed by atoms with Crippen LogP contribution in [0.2, 0.25) is 0 Å². The maximum absolute atomic E-state index is 13.1. The number of nitrogens with zero attached hydrogens (tertiary/aromatic N) is 1. The Hall–Kier alpha value is -3.35. The molecule has 0 saturated carbocycles. The molecule has 2 aromatic rings. The molecule has 0 radical (unpaired) electrons. The monoisotopic (exact) mass is 464 g/mol. The van der Waals surface area contributed by atoms with Crippen molar-refractivity contribution in [3.05, 3.63) is 59.7 Å². The number of hydrogen-bond acceptors (Lipinski definition) is 4. The zero-order chi connectivity index (χ0) is 24.2. The van der Waals surface area contributed by atoms with Gasteiger partial charge in [-0.1, -0.05) is 62.4 Å². The van der Waals surface area contributed by atoms with Crippen molar-refractivity contribution < 1.29 is 24.2 Å². The highest BCUT2D eigenvalue weighted by Gasteiger charge is 2.33. The number of carboxylic acid groups (broad SMARTS) is 1. The van der Waals surface area contributed by atoms with Crippen LogP contribution >= 0.6 is 0 Å². The van der Waals surface area contributed by atoms with Crippen LogP contribution in [0.3, 0.4) is 0 Å². The van der Waals surface area contributed by atoms with Crippen molar-refractivity contribution in [2.45, 2.75) is 45.1 Å². The van der Waals surface area contributed by atoms with E-state index in [1.807, 2.05) is 38.1 Å². The van der Waals surface area contributed by atoms with Crippen LogP contribution in [0.5, 0.6) is 0 Å². The number of benzene rings is 2. The van der Waals surface area contributed by atoms with Crippen LogP contribution in [-0.4, -0.2) is 53.7 Å². The van der Waals surface area contributed by atoms with E-state index in [0.29, 0.717) is 25.9 Å². The number of carbonyl (C=O) groups excluding carboxylic acids is 2. The molecule has 4 rings (SSSR count). The number of likely N-dealkylation sites (tertiary alicyclic amines) is 1. The summed E-state index contributed by atoms with van der Waals surface area (Å²) in [7, 11) is 0. The van der Waals surface area contributed by atoms with Crippen LogP contribution in [-0.2, 0) is 14.3 Å². The Balaban J connectivity index is 1.36. The Bertz CT molecular complexity index is 1010. The minimum absolute atomic E-state index is 0.0420. The molecule has 2 N–H and O–H groups in total. The van der Waals surface area contributed by atoms with E-state index in [0.717, 1.165) is 22.3 Å². The van der Waals surface area contributed by atoms with Gasteiger partial charge in [-0.05, 0) is 46.9 Å². The summed E-state index contributed by atoms with van der Waals surface area (Å²) in [4.78, 5) is 38.5. The molecule has 180 valence electrons. The fourth-order valence-corrected chi connectivity index (χ4v) is 5.08. The molecular weight excluding hydrogens is 432 g/mol. The summed E-state index contributed by atoms with van der Waals surface area (Å²) in [5, 5.41) is 11.8. The van der Waals surface area contributed by atoms with Crippen molar-refractivity contribution in [3.63, 3.8) is 0 Å². The number of nitrogens with one attached hydrogen (secondary N) is 1. The Morgan fingerprint density at radius 3 is 2.09 bits per heavy atom. The summed E-state index contributed by atoms with van der Waals surface area (Å²) in [6.45, 7) is 4.99. The topological polar surface area (TPSA) is 95.9 Å². The Morgan fingerprint density at radius 2 is 1.56 bits per heavy atom. The highest BCUT2D eigenvalue weighted by Crippen LogP contribution is 2.44. The molecular formula is C27H32N2O5. The van der Waals surface area contributed by atoms with E-state index in [1.54, 1.807) is 4.90 Å². The van der Waals surface area contributed by atoms with E-state index in [4.69, 9.17) is 9.84 Å². The SMILES string of the molecule is CC(C)C(NC(=O)OCC1c2ccccc2-c2ccccc21)C(=O)N1CCC(CC(=O)O)CC1. The molecule has 1 atom stereocenters. The molecule has 0 aromatic heterocycles. The predicted molar refractivity (Wildman–Crippen MR) is 128 cm³/mol. The second-order valence-corrected chi connectivity index (χ2v) is 9.56. The van der Waals surface area contributed by atoms with Gasteiger partial charge in [0.15, 0.2) is 0 Å². The zero-order valence-corrected chi connectivity index (χ0v) is 19.7. The third kappa shape index (κ3) is 5.08. The molecule has 1 heterocycles. The normalized spacial score (nSPS) is 16.6. The number of carbonyl (C=O) groups is 3. The van der Waals surface area contributed by atoms with E-state index < -0.39 is 18.1 Å². The predicted octanol–water partition coefficient (Wildman–Crippen LogP) is 4.26. The molecule has 1 aliphatic carbocycles. The van der Waals surface area contributed by atoms with Gasteiger partial charge < -0.3 is 20.1 Å². The highest BCUT2D eigenvalue weighted by molar-refractivity contribution is 5.86. The summed E-state index contributed by atoms with van der Waals surface area (Å²) < 4.78 is 5.63. The van der Waals surface area contributed by atoms with Gasteiger partial charge in [0.05, 0.1) is 0 Å². The van der Waals surface area contributed by atoms with Crippen molar-refractivity contribution in [2.24, 2.45) is 11.8 Å². The Labute approximate surface area is 200 Å². The smallest absolute Gasteiger partial charge is 0.407 e. The molecule has 1 fully saturated rings. The summed E-state index contributed by atoms with van der Waals surface area (Å²) >= 11 is 0. The third-order valence-electron chi connectivity index (χ3n) is 6.94. The van der Waals surface area contributed by atoms with Crippen molar-refractivity contribution in [1.29, 1.82) is 0 Å². The lowest BCUT2D eigenvalue weighted by Gasteiger charge is -2.35. The Morgan fingerprint density at radius 1 is 1.00 bits per heavy atom. The molecule has 1 aliphatic heterocycles. The number of piperidine rings is 1. The van der Waals surface area contributed by atoms with Crippen LogP contribution < -0.4 is 5.32 Å². The van der Waals surface area contributed by atoms with E-state index >= 15 is 0 Å². The first-order chi connectivity index (χ1) is 16.3. The second kappa shape index (κ2) is 10.3. The standard InChI is InChI=1S/C27H32N2O5/c1-17(2)25(26(32)29-13-11-18(12-14-29)15-24(30)31)28-27(33)34-16-23-21-9-5-3-7-19(21)20-8-4-6-10-22(20)23/h3-10,17-18,23,25H,11-16H2,1-2H3,(H,28,33)(H,30,31). The number of carboxylic acids is 1. The average molecular weight is 465 g/mol. The van der Waals surface area contributed by atoms with Crippen LogP contribution in [0.1, 0.15) is 50.2 Å². The fourth-order valence-electron chi connectivity index (χ4n) is 5.08. The maximum atomic E-state index is 13.1. The van der Waals surface area contributed by atoms with Gasteiger partial charge in [-0.3, -0.25) is 9.59 Å². The number of aliphatic carboxylic acids is 1. The van der Waals surface area contributed by atoms with Crippen LogP contribution in [0.25, 0.3) is 11.1 Å². The molecule has 2 amide bonds. The molecule has 2 aliphatic rings. The van der Waals surface area contributed by atoms with E-state index in [2.05, 4.69) is 29.6 Å². The Kier molecular flexibility index (Phi) is 7.20. The molecule has 7 heteroatoms. The van der Waals surface area contributed by atoms with E-state index in [-0.39, 0.29) is 36.7 Å². The maximum Gasteiger partial charge on any atom is 0.407 e. The fraction of sp³-hybridized carbons (Fsp3) is 0.444. The quantitative estimate of drug-likeness (QED) is 0.638. The highest BCUT2D eigenvalue weighted by atomic mass is 16.5. The molecule has 1 saturated heterocycles. The van der Waals surface area contributed by atoms with Crippen molar-refractivity contribution in [1.82, 2.24) is 10.2 Å². The van der Waals surface area contributed by atoms with Gasteiger partial charge in [0.1, 0.15) is 12.6 Å². The number of ether oxygens (including phenoxy) is 1. The minimum atomic E-state index is -0.804. The molecule has 0 spiro atoms. The molecule has 0 bridgehead atoms. The van der Waals surface area contributed by atoms with Crippen LogP contribution in [0.15, 0.2) is 48.5 Å². The number of amides is 2. The van der Waals surface area contributed by atoms with Crippen molar-refractivity contribution >= 4 is 18.0 Å². The first-order valence-electron chi connectivity index (χ1n) is 12.0. The second-order valence-electron chi connectivity index (χ2n) is 9.56. The first-order valence-corrected chi connectivity index (χ1v) is 12.0. The van der Waals surface area contributed by atoms with Gasteiger partial charge in [-0.2, -0.15) is 0 Å². The summed E-state index contributed by atoms with van der Waals surface area (Å²) in [6, 6.07) is 15.6. The van der Waals surface area contributed by atoms with E-state index in [1.165, 1.54) is 0 Å². The summed E-state index contributed by atoms with van der Waals surface area (Å²) in [5.41, 5.74) is 4.59. The number of hydrogen-bond donors (Lipinski definition) is 2. The number of rotatable bonds is 7. The van der Waals surface area contributed by atoms with Gasteiger partial charge in [0.25, 0.3) is 0 Å². The average Bonchev–Trinajstić information content (AvgIpc) is 3.14. The van der Waals surface area contributed by atoms with Crippen LogP contribution in [0.4, 0.5) is 4.79 Å². The lowest BCUT2D eigenvalue weighted by molar-refractivity contribution is -0.139. The largest absolute Gasteiger partial charge is 0.481 e. The van der Waals surface area contributed by atoms with Gasteiger partial charge in [-0.25, -0.2) is 4.79 Å². The molecule has 2 aromatic carbocycles. The first kappa shape index (κ1) is 23.8. The zero-order valence-electron chi connectivity index (χ0n) is 19.7. The number of fused-ring (bicyclic) bond motifs is 3. The van der Waals surface area contributed by atoms with Gasteiger partial charge in [-0.15, -0.1) is 0 Å². The number of alkyl carbamates (subject to hydrolysis) is 1. The molecule has 1 unspecified atom stereocenters. The van der Waals surface area contributed by atoms with E-state index in [9.17, 15) is 14.4 Å². The third-order valence-corrected chi connectivity index (χ3v) is 6.94. The molecule has 7 nitrogen and oxygen atoms in total. The lowest BCUT2D eigenvalue weighted by Crippen LogP contribution is -2.53. The van der Waals surface area contributed by atoms with Crippen LogP contribution in [0, 0.1) is 11.8 Å². The summed E-state index contributed by atoms with van der Waals surface area (Å²) in [6.07, 6.45) is 0.851. The summed E-state index contributed by atoms with van der Waals surface area (Å²) in [5.74, 6) is -1.00. The van der Waals surface area contributed by atoms with Crippen molar-refractivity contribution in [2.75, 3.05) is 19.7 Å². The van der Waals surface area contributed by atoms with Gasteiger partial charge >= 0.3 is 12.1 Å². The molecule has 34 heavy (non-hydrogen) atoms. The van der Waals surface area contributed by atoms with Gasteiger partial charge in [0, 0.05) is 25.4 Å². The van der Waals surface area contributed by atoms with Crippen molar-refractivity contribution in [3.8, 4) is 11.1 Å². The minimum Gasteiger partial charge on any atom is -0.481 e.